The summed E-state index contributed by atoms with van der Waals surface area (Å²) in [7, 11) is 1.75. The van der Waals surface area contributed by atoms with Crippen molar-refractivity contribution < 1.29 is 14.6 Å². The van der Waals surface area contributed by atoms with Gasteiger partial charge in [-0.15, -0.1) is 0 Å². The second-order valence-electron chi connectivity index (χ2n) is 6.54. The van der Waals surface area contributed by atoms with Crippen LogP contribution in [0.25, 0.3) is 0 Å². The van der Waals surface area contributed by atoms with E-state index < -0.39 is 5.60 Å². The average molecular weight is 254 g/mol. The fourth-order valence-corrected chi connectivity index (χ4v) is 4.31. The van der Waals surface area contributed by atoms with E-state index in [1.807, 2.05) is 0 Å². The molecule has 1 spiro atoms. The van der Waals surface area contributed by atoms with Crippen molar-refractivity contribution in [3.8, 4) is 0 Å². The minimum absolute atomic E-state index is 0.0338. The summed E-state index contributed by atoms with van der Waals surface area (Å²) in [5.41, 5.74) is -0.478. The average Bonchev–Trinajstić information content (AvgIpc) is 2.37. The molecule has 0 aromatic carbocycles. The summed E-state index contributed by atoms with van der Waals surface area (Å²) in [6.07, 6.45) is 10.0. The van der Waals surface area contributed by atoms with Crippen molar-refractivity contribution in [2.24, 2.45) is 5.92 Å². The van der Waals surface area contributed by atoms with Crippen molar-refractivity contribution in [2.45, 2.75) is 75.1 Å². The van der Waals surface area contributed by atoms with Gasteiger partial charge >= 0.3 is 0 Å². The molecule has 3 aliphatic rings. The smallest absolute Gasteiger partial charge is 0.0937 e. The Morgan fingerprint density at radius 1 is 1.11 bits per heavy atom. The standard InChI is InChI=1S/C15H26O3/c1-17-13-5-2-3-9-15(13,16)12-6-10-18-14(11-12)7-4-8-14/h12-13,16H,2-11H2,1H3. The third kappa shape index (κ3) is 2.00. The number of hydrogen-bond donors (Lipinski definition) is 1. The fraction of sp³-hybridized carbons (Fsp3) is 1.00. The summed E-state index contributed by atoms with van der Waals surface area (Å²) in [5.74, 6) is 0.372. The predicted molar refractivity (Wildman–Crippen MR) is 69.5 cm³/mol. The second kappa shape index (κ2) is 4.77. The van der Waals surface area contributed by atoms with E-state index in [4.69, 9.17) is 9.47 Å². The SMILES string of the molecule is COC1CCCCC1(O)C1CCOC2(CCC2)C1. The van der Waals surface area contributed by atoms with Crippen molar-refractivity contribution in [3.63, 3.8) is 0 Å². The van der Waals surface area contributed by atoms with Crippen molar-refractivity contribution in [2.75, 3.05) is 13.7 Å². The van der Waals surface area contributed by atoms with Crippen LogP contribution in [0.15, 0.2) is 0 Å². The topological polar surface area (TPSA) is 38.7 Å². The van der Waals surface area contributed by atoms with Gasteiger partial charge in [-0.2, -0.15) is 0 Å². The third-order valence-corrected chi connectivity index (χ3v) is 5.60. The molecule has 104 valence electrons. The van der Waals surface area contributed by atoms with Crippen LogP contribution in [0.5, 0.6) is 0 Å². The monoisotopic (exact) mass is 254 g/mol. The maximum absolute atomic E-state index is 11.1. The summed E-state index contributed by atoms with van der Waals surface area (Å²) in [6.45, 7) is 0.823. The summed E-state index contributed by atoms with van der Waals surface area (Å²) in [5, 5.41) is 11.1. The third-order valence-electron chi connectivity index (χ3n) is 5.60. The minimum Gasteiger partial charge on any atom is -0.387 e. The molecule has 0 bridgehead atoms. The van der Waals surface area contributed by atoms with Crippen molar-refractivity contribution in [1.29, 1.82) is 0 Å². The molecular formula is C15H26O3. The zero-order valence-corrected chi connectivity index (χ0v) is 11.5. The Bertz CT molecular complexity index is 300. The van der Waals surface area contributed by atoms with Gasteiger partial charge in [0.15, 0.2) is 0 Å². The lowest BCUT2D eigenvalue weighted by Crippen LogP contribution is -2.57. The van der Waals surface area contributed by atoms with E-state index in [2.05, 4.69) is 0 Å². The van der Waals surface area contributed by atoms with Gasteiger partial charge in [-0.3, -0.25) is 0 Å². The Morgan fingerprint density at radius 3 is 2.61 bits per heavy atom. The first-order valence-corrected chi connectivity index (χ1v) is 7.58. The molecule has 0 amide bonds. The van der Waals surface area contributed by atoms with Crippen LogP contribution in [0.3, 0.4) is 0 Å². The lowest BCUT2D eigenvalue weighted by atomic mass is 9.64. The summed E-state index contributed by atoms with van der Waals surface area (Å²) < 4.78 is 11.6. The van der Waals surface area contributed by atoms with Gasteiger partial charge in [0.05, 0.1) is 17.3 Å². The van der Waals surface area contributed by atoms with Crippen LogP contribution in [0.1, 0.15) is 57.8 Å². The minimum atomic E-state index is -0.598. The maximum atomic E-state index is 11.1. The van der Waals surface area contributed by atoms with E-state index in [9.17, 15) is 5.11 Å². The molecule has 0 aromatic heterocycles. The Labute approximate surface area is 110 Å². The van der Waals surface area contributed by atoms with Crippen LogP contribution in [0.2, 0.25) is 0 Å². The Kier molecular flexibility index (Phi) is 3.41. The first-order chi connectivity index (χ1) is 8.69. The molecule has 0 radical (unpaired) electrons. The first-order valence-electron chi connectivity index (χ1n) is 7.58. The number of aliphatic hydroxyl groups is 1. The number of ether oxygens (including phenoxy) is 2. The summed E-state index contributed by atoms with van der Waals surface area (Å²) in [6, 6.07) is 0. The zero-order valence-electron chi connectivity index (χ0n) is 11.5. The number of hydrogen-bond acceptors (Lipinski definition) is 3. The van der Waals surface area contributed by atoms with Crippen LogP contribution >= 0.6 is 0 Å². The van der Waals surface area contributed by atoms with Gasteiger partial charge in [0.25, 0.3) is 0 Å². The van der Waals surface area contributed by atoms with Gasteiger partial charge < -0.3 is 14.6 Å². The van der Waals surface area contributed by atoms with Crippen molar-refractivity contribution in [1.82, 2.24) is 0 Å². The van der Waals surface area contributed by atoms with Gasteiger partial charge in [-0.05, 0) is 50.9 Å². The van der Waals surface area contributed by atoms with E-state index in [1.165, 1.54) is 25.7 Å². The van der Waals surface area contributed by atoms with E-state index in [0.717, 1.165) is 38.7 Å². The number of methoxy groups -OCH3 is 1. The normalized spacial score (nSPS) is 43.7. The van der Waals surface area contributed by atoms with Crippen LogP contribution in [-0.2, 0) is 9.47 Å². The van der Waals surface area contributed by atoms with E-state index in [1.54, 1.807) is 7.11 Å². The summed E-state index contributed by atoms with van der Waals surface area (Å²) in [4.78, 5) is 0. The molecule has 1 aliphatic heterocycles. The van der Waals surface area contributed by atoms with Crippen LogP contribution in [0.4, 0.5) is 0 Å². The van der Waals surface area contributed by atoms with Gasteiger partial charge in [-0.1, -0.05) is 12.8 Å². The molecule has 0 aromatic rings. The molecule has 3 nitrogen and oxygen atoms in total. The number of rotatable bonds is 2. The van der Waals surface area contributed by atoms with E-state index in [-0.39, 0.29) is 11.7 Å². The molecule has 3 fully saturated rings. The van der Waals surface area contributed by atoms with Gasteiger partial charge in [0, 0.05) is 13.7 Å². The summed E-state index contributed by atoms with van der Waals surface area (Å²) >= 11 is 0. The van der Waals surface area contributed by atoms with E-state index in [0.29, 0.717) is 5.92 Å². The zero-order chi connectivity index (χ0) is 12.6. The van der Waals surface area contributed by atoms with Crippen LogP contribution in [-0.4, -0.2) is 36.1 Å². The van der Waals surface area contributed by atoms with Crippen LogP contribution in [0, 0.1) is 5.92 Å². The molecule has 2 saturated carbocycles. The fourth-order valence-electron chi connectivity index (χ4n) is 4.31. The van der Waals surface area contributed by atoms with Crippen LogP contribution < -0.4 is 0 Å². The lowest BCUT2D eigenvalue weighted by Gasteiger charge is -2.53. The largest absolute Gasteiger partial charge is 0.387 e. The second-order valence-corrected chi connectivity index (χ2v) is 6.54. The molecular weight excluding hydrogens is 228 g/mol. The molecule has 3 rings (SSSR count). The van der Waals surface area contributed by atoms with Gasteiger partial charge in [0.1, 0.15) is 0 Å². The van der Waals surface area contributed by atoms with Gasteiger partial charge in [-0.25, -0.2) is 0 Å². The maximum Gasteiger partial charge on any atom is 0.0937 e. The molecule has 1 heterocycles. The molecule has 18 heavy (non-hydrogen) atoms. The Hall–Kier alpha value is -0.120. The van der Waals surface area contributed by atoms with Gasteiger partial charge in [0.2, 0.25) is 0 Å². The highest BCUT2D eigenvalue weighted by Crippen LogP contribution is 2.49. The van der Waals surface area contributed by atoms with Crippen molar-refractivity contribution >= 4 is 0 Å². The lowest BCUT2D eigenvalue weighted by molar-refractivity contribution is -0.209. The Balaban J connectivity index is 1.74. The van der Waals surface area contributed by atoms with Crippen molar-refractivity contribution in [3.05, 3.63) is 0 Å². The predicted octanol–water partition coefficient (Wildman–Crippen LogP) is 2.66. The quantitative estimate of drug-likeness (QED) is 0.823. The Morgan fingerprint density at radius 2 is 1.94 bits per heavy atom. The van der Waals surface area contributed by atoms with E-state index >= 15 is 0 Å². The highest BCUT2D eigenvalue weighted by atomic mass is 16.5. The molecule has 2 aliphatic carbocycles. The molecule has 1 N–H and O–H groups in total. The molecule has 3 heteroatoms. The highest BCUT2D eigenvalue weighted by Gasteiger charge is 2.52. The molecule has 3 atom stereocenters. The molecule has 1 saturated heterocycles. The highest BCUT2D eigenvalue weighted by molar-refractivity contribution is 5.03. The first kappa shape index (κ1) is 12.9. The molecule has 3 unspecified atom stereocenters.